The van der Waals surface area contributed by atoms with E-state index >= 15 is 0 Å². The van der Waals surface area contributed by atoms with E-state index in [1.54, 1.807) is 16.4 Å². The summed E-state index contributed by atoms with van der Waals surface area (Å²) in [6.45, 7) is 4.62. The number of rotatable bonds is 5. The van der Waals surface area contributed by atoms with Crippen LogP contribution in [0.5, 0.6) is 0 Å². The topological polar surface area (TPSA) is 69.7 Å². The summed E-state index contributed by atoms with van der Waals surface area (Å²) in [5, 5.41) is 2.69. The molecule has 0 bridgehead atoms. The van der Waals surface area contributed by atoms with Crippen molar-refractivity contribution in [2.45, 2.75) is 36.6 Å². The average Bonchev–Trinajstić information content (AvgIpc) is 3.23. The molecule has 3 rings (SSSR count). The number of hydrogen-bond acceptors (Lipinski definition) is 5. The highest BCUT2D eigenvalue weighted by atomic mass is 32.2. The summed E-state index contributed by atoms with van der Waals surface area (Å²) in [5.41, 5.74) is 0. The zero-order chi connectivity index (χ0) is 15.7. The van der Waals surface area contributed by atoms with Crippen LogP contribution in [0.3, 0.4) is 0 Å². The molecule has 1 aromatic heterocycles. The van der Waals surface area contributed by atoms with E-state index in [9.17, 15) is 13.2 Å². The maximum atomic E-state index is 12.7. The molecule has 1 aromatic rings. The number of carbonyl (C=O) groups excluding carboxylic acids is 1. The first-order valence-corrected chi connectivity index (χ1v) is 9.80. The summed E-state index contributed by atoms with van der Waals surface area (Å²) in [6.07, 6.45) is 2.51. The van der Waals surface area contributed by atoms with Gasteiger partial charge in [-0.3, -0.25) is 9.69 Å². The van der Waals surface area contributed by atoms with E-state index in [-0.39, 0.29) is 5.91 Å². The van der Waals surface area contributed by atoms with Crippen LogP contribution in [0, 0.1) is 0 Å². The Bertz CT molecular complexity index is 644. The Morgan fingerprint density at radius 2 is 1.95 bits per heavy atom. The Morgan fingerprint density at radius 1 is 1.27 bits per heavy atom. The molecular formula is C14H21N3O3S2. The highest BCUT2D eigenvalue weighted by Gasteiger charge is 2.35. The Labute approximate surface area is 135 Å². The highest BCUT2D eigenvalue weighted by molar-refractivity contribution is 7.91. The van der Waals surface area contributed by atoms with Crippen LogP contribution in [0.2, 0.25) is 0 Å². The zero-order valence-corrected chi connectivity index (χ0v) is 14.3. The fourth-order valence-corrected chi connectivity index (χ4v) is 5.55. The second kappa shape index (κ2) is 6.27. The molecule has 0 atom stereocenters. The van der Waals surface area contributed by atoms with Gasteiger partial charge in [-0.15, -0.1) is 11.3 Å². The van der Waals surface area contributed by atoms with Crippen LogP contribution in [0.25, 0.3) is 0 Å². The van der Waals surface area contributed by atoms with Crippen LogP contribution < -0.4 is 5.32 Å². The molecule has 2 aliphatic rings. The van der Waals surface area contributed by atoms with Gasteiger partial charge in [0, 0.05) is 44.0 Å². The van der Waals surface area contributed by atoms with Crippen LogP contribution in [0.4, 0.5) is 0 Å². The number of carbonyl (C=O) groups is 1. The molecule has 1 aliphatic heterocycles. The molecule has 2 fully saturated rings. The first-order chi connectivity index (χ1) is 10.5. The molecule has 122 valence electrons. The lowest BCUT2D eigenvalue weighted by Gasteiger charge is -2.33. The zero-order valence-electron chi connectivity index (χ0n) is 12.6. The minimum Gasteiger partial charge on any atom is -0.351 e. The predicted molar refractivity (Wildman–Crippen MR) is 85.2 cm³/mol. The fraction of sp³-hybridized carbons (Fsp3) is 0.643. The normalized spacial score (nSPS) is 21.0. The van der Waals surface area contributed by atoms with Gasteiger partial charge in [-0.1, -0.05) is 0 Å². The maximum absolute atomic E-state index is 12.7. The lowest BCUT2D eigenvalue weighted by Crippen LogP contribution is -2.49. The molecule has 1 N–H and O–H groups in total. The lowest BCUT2D eigenvalue weighted by molar-refractivity contribution is -0.119. The van der Waals surface area contributed by atoms with E-state index in [0.29, 0.717) is 29.9 Å². The van der Waals surface area contributed by atoms with Crippen molar-refractivity contribution in [3.8, 4) is 0 Å². The second-order valence-corrected chi connectivity index (χ2v) is 9.13. The van der Waals surface area contributed by atoms with Crippen molar-refractivity contribution >= 4 is 27.3 Å². The molecule has 6 nitrogen and oxygen atoms in total. The van der Waals surface area contributed by atoms with E-state index in [1.807, 2.05) is 0 Å². The maximum Gasteiger partial charge on any atom is 0.252 e. The number of sulfonamides is 1. The van der Waals surface area contributed by atoms with Gasteiger partial charge in [0.2, 0.25) is 5.91 Å². The van der Waals surface area contributed by atoms with Gasteiger partial charge in [0.05, 0.1) is 6.54 Å². The Kier molecular flexibility index (Phi) is 4.54. The van der Waals surface area contributed by atoms with E-state index < -0.39 is 10.0 Å². The van der Waals surface area contributed by atoms with Crippen LogP contribution >= 0.6 is 11.3 Å². The molecule has 1 amide bonds. The minimum atomic E-state index is -3.40. The summed E-state index contributed by atoms with van der Waals surface area (Å²) < 4.78 is 27.3. The van der Waals surface area contributed by atoms with Crippen molar-refractivity contribution in [3.05, 3.63) is 17.0 Å². The molecule has 2 heterocycles. The molecule has 22 heavy (non-hydrogen) atoms. The summed E-state index contributed by atoms with van der Waals surface area (Å²) in [6, 6.07) is 4.11. The molecule has 1 saturated carbocycles. The number of thiophene rings is 1. The number of hydrogen-bond donors (Lipinski definition) is 1. The molecule has 0 unspecified atom stereocenters. The van der Waals surface area contributed by atoms with Crippen molar-refractivity contribution < 1.29 is 13.2 Å². The minimum absolute atomic E-state index is 0.117. The van der Waals surface area contributed by atoms with Crippen molar-refractivity contribution in [1.82, 2.24) is 14.5 Å². The molecule has 0 aromatic carbocycles. The van der Waals surface area contributed by atoms with Crippen molar-refractivity contribution in [3.63, 3.8) is 0 Å². The van der Waals surface area contributed by atoms with Gasteiger partial charge >= 0.3 is 0 Å². The van der Waals surface area contributed by atoms with Gasteiger partial charge < -0.3 is 5.32 Å². The van der Waals surface area contributed by atoms with Gasteiger partial charge in [-0.2, -0.15) is 4.31 Å². The third kappa shape index (κ3) is 3.51. The third-order valence-electron chi connectivity index (χ3n) is 4.08. The lowest BCUT2D eigenvalue weighted by atomic mass is 10.3. The Hall–Kier alpha value is -0.960. The van der Waals surface area contributed by atoms with Gasteiger partial charge in [-0.25, -0.2) is 8.42 Å². The monoisotopic (exact) mass is 343 g/mol. The molecule has 8 heteroatoms. The molecule has 0 spiro atoms. The second-order valence-electron chi connectivity index (χ2n) is 5.80. The third-order valence-corrected chi connectivity index (χ3v) is 7.53. The molecule has 0 radical (unpaired) electrons. The SMILES string of the molecule is CC(=O)NCc1ccc(S(=O)(=O)N2CCN(C3CC3)CC2)s1. The highest BCUT2D eigenvalue weighted by Crippen LogP contribution is 2.30. The molecule has 1 aliphatic carbocycles. The smallest absolute Gasteiger partial charge is 0.252 e. The fourth-order valence-electron chi connectivity index (χ4n) is 2.68. The average molecular weight is 343 g/mol. The van der Waals surface area contributed by atoms with Crippen molar-refractivity contribution in [1.29, 1.82) is 0 Å². The summed E-state index contributed by atoms with van der Waals surface area (Å²) >= 11 is 1.24. The van der Waals surface area contributed by atoms with Gasteiger partial charge in [0.25, 0.3) is 10.0 Å². The summed E-state index contributed by atoms with van der Waals surface area (Å²) in [4.78, 5) is 14.2. The van der Waals surface area contributed by atoms with E-state index in [0.717, 1.165) is 18.0 Å². The standard InChI is InChI=1S/C14H21N3O3S2/c1-11(18)15-10-13-4-5-14(21-13)22(19,20)17-8-6-16(7-9-17)12-2-3-12/h4-5,12H,2-3,6-10H2,1H3,(H,15,18). The van der Waals surface area contributed by atoms with Crippen molar-refractivity contribution in [2.24, 2.45) is 0 Å². The quantitative estimate of drug-likeness (QED) is 0.861. The number of piperazine rings is 1. The van der Waals surface area contributed by atoms with Gasteiger partial charge in [-0.05, 0) is 25.0 Å². The van der Waals surface area contributed by atoms with Crippen molar-refractivity contribution in [2.75, 3.05) is 26.2 Å². The van der Waals surface area contributed by atoms with E-state index in [4.69, 9.17) is 0 Å². The predicted octanol–water partition coefficient (Wildman–Crippen LogP) is 0.853. The van der Waals surface area contributed by atoms with Gasteiger partial charge in [0.15, 0.2) is 0 Å². The first kappa shape index (κ1) is 15.9. The Balaban J connectivity index is 1.63. The molecule has 1 saturated heterocycles. The molecular weight excluding hydrogens is 322 g/mol. The van der Waals surface area contributed by atoms with E-state index in [1.165, 1.54) is 31.1 Å². The number of amides is 1. The van der Waals surface area contributed by atoms with Gasteiger partial charge in [0.1, 0.15) is 4.21 Å². The Morgan fingerprint density at radius 3 is 2.55 bits per heavy atom. The first-order valence-electron chi connectivity index (χ1n) is 7.54. The summed E-state index contributed by atoms with van der Waals surface area (Å²) in [5.74, 6) is -0.117. The largest absolute Gasteiger partial charge is 0.351 e. The number of nitrogens with zero attached hydrogens (tertiary/aromatic N) is 2. The summed E-state index contributed by atoms with van der Waals surface area (Å²) in [7, 11) is -3.40. The van der Waals surface area contributed by atoms with E-state index in [2.05, 4.69) is 10.2 Å². The van der Waals surface area contributed by atoms with Crippen LogP contribution in [0.1, 0.15) is 24.6 Å². The van der Waals surface area contributed by atoms with Crippen LogP contribution in [-0.2, 0) is 21.4 Å². The van der Waals surface area contributed by atoms with Crippen LogP contribution in [-0.4, -0.2) is 55.8 Å². The van der Waals surface area contributed by atoms with Crippen LogP contribution in [0.15, 0.2) is 16.3 Å². The number of nitrogens with one attached hydrogen (secondary N) is 1.